The first-order chi connectivity index (χ1) is 9.96. The maximum atomic E-state index is 10.3. The monoisotopic (exact) mass is 349 g/mol. The van der Waals surface area contributed by atoms with Crippen molar-refractivity contribution in [3.05, 3.63) is 40.1 Å². The van der Waals surface area contributed by atoms with E-state index in [2.05, 4.69) is 20.9 Å². The van der Waals surface area contributed by atoms with Crippen molar-refractivity contribution in [2.24, 2.45) is 0 Å². The number of benzene rings is 1. The number of fused-ring (bicyclic) bond motifs is 1. The van der Waals surface area contributed by atoms with Crippen LogP contribution >= 0.6 is 15.9 Å². The quantitative estimate of drug-likeness (QED) is 0.832. The summed E-state index contributed by atoms with van der Waals surface area (Å²) in [4.78, 5) is 4.86. The molecule has 0 bridgehead atoms. The van der Waals surface area contributed by atoms with Crippen molar-refractivity contribution >= 4 is 26.8 Å². The molecule has 1 heterocycles. The van der Waals surface area contributed by atoms with E-state index in [-0.39, 0.29) is 5.57 Å². The van der Waals surface area contributed by atoms with Crippen molar-refractivity contribution in [2.45, 2.75) is 6.10 Å². The van der Waals surface area contributed by atoms with Crippen LogP contribution in [0.2, 0.25) is 0 Å². The topological polar surface area (TPSA) is 72.3 Å². The van der Waals surface area contributed by atoms with Crippen LogP contribution in [0.3, 0.4) is 0 Å². The molecule has 21 heavy (non-hydrogen) atoms. The number of hydrogen-bond donors (Lipinski definition) is 2. The predicted molar refractivity (Wildman–Crippen MR) is 84.9 cm³/mol. The Kier molecular flexibility index (Phi) is 4.56. The standard InChI is InChI=1S/C15H16BrN3O2/c1-19(2)8-10(7-17)15(20)13-4-9-5-14(21-3)11(16)6-12(9)18-13/h4-6,8,15,18,20H,1-3H3/b10-8+. The number of nitrogens with one attached hydrogen (secondary N) is 1. The number of aromatic nitrogens is 1. The second-order valence-electron chi connectivity index (χ2n) is 4.86. The molecule has 0 saturated carbocycles. The lowest BCUT2D eigenvalue weighted by Gasteiger charge is -2.11. The van der Waals surface area contributed by atoms with Gasteiger partial charge in [-0.3, -0.25) is 0 Å². The highest BCUT2D eigenvalue weighted by molar-refractivity contribution is 9.10. The van der Waals surface area contributed by atoms with Gasteiger partial charge < -0.3 is 19.7 Å². The van der Waals surface area contributed by atoms with E-state index in [1.165, 1.54) is 0 Å². The molecule has 2 N–H and O–H groups in total. The molecule has 0 fully saturated rings. The molecule has 0 amide bonds. The Hall–Kier alpha value is -1.97. The number of H-pyrrole nitrogens is 1. The summed E-state index contributed by atoms with van der Waals surface area (Å²) in [6.45, 7) is 0. The number of halogens is 1. The Bertz CT molecular complexity index is 728. The molecule has 6 heteroatoms. The number of nitriles is 1. The van der Waals surface area contributed by atoms with Crippen LogP contribution in [0.25, 0.3) is 10.9 Å². The van der Waals surface area contributed by atoms with E-state index in [0.29, 0.717) is 11.4 Å². The lowest BCUT2D eigenvalue weighted by molar-refractivity contribution is 0.214. The smallest absolute Gasteiger partial charge is 0.133 e. The van der Waals surface area contributed by atoms with Crippen LogP contribution in [0.15, 0.2) is 34.4 Å². The number of nitrogens with zero attached hydrogens (tertiary/aromatic N) is 2. The molecular weight excluding hydrogens is 334 g/mol. The van der Waals surface area contributed by atoms with Gasteiger partial charge in [0.25, 0.3) is 0 Å². The molecule has 0 spiro atoms. The van der Waals surface area contributed by atoms with E-state index in [4.69, 9.17) is 10.00 Å². The highest BCUT2D eigenvalue weighted by Gasteiger charge is 2.17. The summed E-state index contributed by atoms with van der Waals surface area (Å²) in [5, 5.41) is 20.4. The SMILES string of the molecule is COc1cc2cc(C(O)/C(C#N)=C/N(C)C)[nH]c2cc1Br. The number of hydrogen-bond acceptors (Lipinski definition) is 4. The number of methoxy groups -OCH3 is 1. The summed E-state index contributed by atoms with van der Waals surface area (Å²) >= 11 is 3.42. The third-order valence-corrected chi connectivity index (χ3v) is 3.65. The van der Waals surface area contributed by atoms with Gasteiger partial charge in [0.1, 0.15) is 11.9 Å². The zero-order valence-electron chi connectivity index (χ0n) is 12.0. The minimum atomic E-state index is -0.991. The van der Waals surface area contributed by atoms with Crippen LogP contribution in [0.4, 0.5) is 0 Å². The second-order valence-corrected chi connectivity index (χ2v) is 5.72. The van der Waals surface area contributed by atoms with Crippen molar-refractivity contribution in [2.75, 3.05) is 21.2 Å². The Balaban J connectivity index is 2.45. The first-order valence-corrected chi connectivity index (χ1v) is 7.08. The van der Waals surface area contributed by atoms with E-state index < -0.39 is 6.10 Å². The number of aliphatic hydroxyl groups excluding tert-OH is 1. The lowest BCUT2D eigenvalue weighted by Crippen LogP contribution is -2.07. The van der Waals surface area contributed by atoms with Crippen molar-refractivity contribution < 1.29 is 9.84 Å². The van der Waals surface area contributed by atoms with Crippen LogP contribution < -0.4 is 4.74 Å². The fraction of sp³-hybridized carbons (Fsp3) is 0.267. The maximum absolute atomic E-state index is 10.3. The molecule has 2 rings (SSSR count). The number of ether oxygens (including phenoxy) is 1. The van der Waals surface area contributed by atoms with Crippen LogP contribution in [-0.2, 0) is 0 Å². The first kappa shape index (κ1) is 15.4. The van der Waals surface area contributed by atoms with Crippen LogP contribution in [0, 0.1) is 11.3 Å². The van der Waals surface area contributed by atoms with E-state index >= 15 is 0 Å². The molecule has 1 aromatic carbocycles. The summed E-state index contributed by atoms with van der Waals surface area (Å²) in [6, 6.07) is 7.59. The van der Waals surface area contributed by atoms with Gasteiger partial charge in [-0.15, -0.1) is 0 Å². The van der Waals surface area contributed by atoms with Crippen molar-refractivity contribution in [1.82, 2.24) is 9.88 Å². The van der Waals surface area contributed by atoms with Gasteiger partial charge in [0.05, 0.1) is 28.9 Å². The van der Waals surface area contributed by atoms with Gasteiger partial charge in [0.15, 0.2) is 0 Å². The molecule has 0 aliphatic rings. The van der Waals surface area contributed by atoms with E-state index in [1.54, 1.807) is 32.3 Å². The molecular formula is C15H16BrN3O2. The van der Waals surface area contributed by atoms with Gasteiger partial charge in [-0.2, -0.15) is 5.26 Å². The first-order valence-electron chi connectivity index (χ1n) is 6.28. The average Bonchev–Trinajstić information content (AvgIpc) is 2.85. The normalized spacial score (nSPS) is 13.0. The van der Waals surface area contributed by atoms with E-state index in [0.717, 1.165) is 15.4 Å². The largest absolute Gasteiger partial charge is 0.496 e. The number of aliphatic hydroxyl groups is 1. The molecule has 0 aliphatic heterocycles. The Morgan fingerprint density at radius 1 is 1.48 bits per heavy atom. The Morgan fingerprint density at radius 2 is 2.19 bits per heavy atom. The van der Waals surface area contributed by atoms with Gasteiger partial charge in [-0.25, -0.2) is 0 Å². The minimum absolute atomic E-state index is 0.276. The number of aromatic amines is 1. The molecule has 1 unspecified atom stereocenters. The van der Waals surface area contributed by atoms with Gasteiger partial charge in [0, 0.05) is 31.2 Å². The van der Waals surface area contributed by atoms with Crippen LogP contribution in [0.5, 0.6) is 5.75 Å². The molecule has 0 radical (unpaired) electrons. The average molecular weight is 350 g/mol. The summed E-state index contributed by atoms with van der Waals surface area (Å²) in [5.74, 6) is 0.715. The molecule has 110 valence electrons. The summed E-state index contributed by atoms with van der Waals surface area (Å²) in [7, 11) is 5.20. The van der Waals surface area contributed by atoms with E-state index in [9.17, 15) is 5.11 Å². The number of rotatable bonds is 4. The predicted octanol–water partition coefficient (Wildman–Crippen LogP) is 2.94. The third-order valence-electron chi connectivity index (χ3n) is 3.03. The van der Waals surface area contributed by atoms with Gasteiger partial charge in [-0.1, -0.05) is 0 Å². The Morgan fingerprint density at radius 3 is 2.76 bits per heavy atom. The fourth-order valence-corrected chi connectivity index (χ4v) is 2.57. The fourth-order valence-electron chi connectivity index (χ4n) is 2.07. The zero-order valence-corrected chi connectivity index (χ0v) is 13.6. The van der Waals surface area contributed by atoms with Gasteiger partial charge in [0.2, 0.25) is 0 Å². The van der Waals surface area contributed by atoms with Crippen molar-refractivity contribution in [1.29, 1.82) is 5.26 Å². The van der Waals surface area contributed by atoms with Crippen LogP contribution in [0.1, 0.15) is 11.8 Å². The highest BCUT2D eigenvalue weighted by atomic mass is 79.9. The summed E-state index contributed by atoms with van der Waals surface area (Å²) in [6.07, 6.45) is 0.613. The van der Waals surface area contributed by atoms with Gasteiger partial charge in [-0.05, 0) is 34.1 Å². The second kappa shape index (κ2) is 6.20. The lowest BCUT2D eigenvalue weighted by atomic mass is 10.1. The minimum Gasteiger partial charge on any atom is -0.496 e. The van der Waals surface area contributed by atoms with Crippen molar-refractivity contribution in [3.63, 3.8) is 0 Å². The van der Waals surface area contributed by atoms with Crippen LogP contribution in [-0.4, -0.2) is 36.2 Å². The molecule has 2 aromatic rings. The maximum Gasteiger partial charge on any atom is 0.133 e. The molecule has 5 nitrogen and oxygen atoms in total. The highest BCUT2D eigenvalue weighted by Crippen LogP contribution is 2.32. The summed E-state index contributed by atoms with van der Waals surface area (Å²) < 4.78 is 6.07. The third kappa shape index (κ3) is 3.20. The van der Waals surface area contributed by atoms with Crippen molar-refractivity contribution in [3.8, 4) is 11.8 Å². The van der Waals surface area contributed by atoms with Gasteiger partial charge >= 0.3 is 0 Å². The summed E-state index contributed by atoms with van der Waals surface area (Å²) in [5.41, 5.74) is 1.70. The molecule has 0 aliphatic carbocycles. The molecule has 1 atom stereocenters. The molecule has 1 aromatic heterocycles. The molecule has 0 saturated heterocycles. The zero-order chi connectivity index (χ0) is 15.6. The Labute approximate surface area is 131 Å². The van der Waals surface area contributed by atoms with E-state index in [1.807, 2.05) is 24.3 Å².